The van der Waals surface area contributed by atoms with Gasteiger partial charge in [-0.1, -0.05) is 39.0 Å². The Morgan fingerprint density at radius 1 is 1.00 bits per heavy atom. The lowest BCUT2D eigenvalue weighted by molar-refractivity contribution is -0.384. The summed E-state index contributed by atoms with van der Waals surface area (Å²) >= 11 is 0. The van der Waals surface area contributed by atoms with Crippen LogP contribution in [0.25, 0.3) is 0 Å². The number of anilines is 1. The van der Waals surface area contributed by atoms with E-state index in [0.717, 1.165) is 31.0 Å². The number of nitrogens with zero attached hydrogens (tertiary/aromatic N) is 5. The summed E-state index contributed by atoms with van der Waals surface area (Å²) in [5.41, 5.74) is 1.27. The predicted octanol–water partition coefficient (Wildman–Crippen LogP) is 5.41. The minimum absolute atomic E-state index is 0.0474. The fraction of sp³-hybridized carbons (Fsp3) is 0.480. The van der Waals surface area contributed by atoms with Crippen molar-refractivity contribution in [2.75, 3.05) is 37.8 Å². The molecule has 0 bridgehead atoms. The van der Waals surface area contributed by atoms with Crippen LogP contribution in [-0.4, -0.2) is 48.0 Å². The zero-order valence-electron chi connectivity index (χ0n) is 20.1. The Kier molecular flexibility index (Phi) is 12.2. The lowest BCUT2D eigenvalue weighted by Crippen LogP contribution is -2.29. The van der Waals surface area contributed by atoms with Crippen LogP contribution in [0.2, 0.25) is 0 Å². The summed E-state index contributed by atoms with van der Waals surface area (Å²) in [4.78, 5) is 12.2. The summed E-state index contributed by atoms with van der Waals surface area (Å²) in [5.74, 6) is 0.487. The van der Waals surface area contributed by atoms with Gasteiger partial charge in [-0.2, -0.15) is 5.26 Å². The predicted molar refractivity (Wildman–Crippen MR) is 134 cm³/mol. The SMILES string of the molecule is CCCCCCCCOc1cc(N(CCO)CCO)ccc1N=Nc1ccc([N+](=O)[O-])cc1C#N. The van der Waals surface area contributed by atoms with Gasteiger partial charge in [0, 0.05) is 37.0 Å². The molecule has 0 aliphatic rings. The molecule has 0 aliphatic carbocycles. The third-order valence-electron chi connectivity index (χ3n) is 5.38. The molecule has 10 heteroatoms. The Labute approximate surface area is 205 Å². The van der Waals surface area contributed by atoms with Gasteiger partial charge in [-0.15, -0.1) is 10.2 Å². The molecule has 0 saturated carbocycles. The van der Waals surface area contributed by atoms with Crippen LogP contribution in [-0.2, 0) is 0 Å². The van der Waals surface area contributed by atoms with Crippen LogP contribution in [0, 0.1) is 21.4 Å². The lowest BCUT2D eigenvalue weighted by Gasteiger charge is -2.23. The van der Waals surface area contributed by atoms with E-state index in [1.165, 1.54) is 31.4 Å². The second-order valence-corrected chi connectivity index (χ2v) is 7.97. The molecule has 0 saturated heterocycles. The molecule has 0 heterocycles. The number of azo groups is 1. The number of hydrogen-bond donors (Lipinski definition) is 2. The molecule has 35 heavy (non-hydrogen) atoms. The number of aliphatic hydroxyl groups is 2. The molecule has 0 fully saturated rings. The maximum Gasteiger partial charge on any atom is 0.270 e. The van der Waals surface area contributed by atoms with Crippen LogP contribution < -0.4 is 9.64 Å². The highest BCUT2D eigenvalue weighted by atomic mass is 16.6. The number of non-ortho nitro benzene ring substituents is 1. The summed E-state index contributed by atoms with van der Waals surface area (Å²) in [7, 11) is 0. The first-order chi connectivity index (χ1) is 17.0. The third-order valence-corrected chi connectivity index (χ3v) is 5.38. The Morgan fingerprint density at radius 3 is 2.31 bits per heavy atom. The van der Waals surface area contributed by atoms with Gasteiger partial charge in [-0.25, -0.2) is 0 Å². The summed E-state index contributed by atoms with van der Waals surface area (Å²) < 4.78 is 6.03. The highest BCUT2D eigenvalue weighted by molar-refractivity contribution is 5.63. The molecular weight excluding hydrogens is 450 g/mol. The Bertz CT molecular complexity index is 1020. The molecule has 0 radical (unpaired) electrons. The van der Waals surface area contributed by atoms with Crippen molar-refractivity contribution in [3.63, 3.8) is 0 Å². The number of ether oxygens (including phenoxy) is 1. The highest BCUT2D eigenvalue weighted by Gasteiger charge is 2.13. The van der Waals surface area contributed by atoms with Crippen LogP contribution in [0.1, 0.15) is 51.0 Å². The maximum atomic E-state index is 11.0. The van der Waals surface area contributed by atoms with E-state index in [1.54, 1.807) is 18.2 Å². The quantitative estimate of drug-likeness (QED) is 0.140. The van der Waals surface area contributed by atoms with Crippen molar-refractivity contribution in [3.8, 4) is 11.8 Å². The average Bonchev–Trinajstić information content (AvgIpc) is 2.87. The molecule has 2 rings (SSSR count). The van der Waals surface area contributed by atoms with E-state index >= 15 is 0 Å². The summed E-state index contributed by atoms with van der Waals surface area (Å²) in [6.45, 7) is 3.26. The Hall–Kier alpha value is -3.55. The van der Waals surface area contributed by atoms with Crippen LogP contribution in [0.5, 0.6) is 5.75 Å². The number of hydrogen-bond acceptors (Lipinski definition) is 9. The zero-order chi connectivity index (χ0) is 25.5. The topological polar surface area (TPSA) is 145 Å². The average molecular weight is 484 g/mol. The van der Waals surface area contributed by atoms with Gasteiger partial charge in [0.1, 0.15) is 23.2 Å². The van der Waals surface area contributed by atoms with Crippen molar-refractivity contribution in [2.24, 2.45) is 10.2 Å². The van der Waals surface area contributed by atoms with Gasteiger partial charge in [0.15, 0.2) is 0 Å². The third kappa shape index (κ3) is 8.96. The Balaban J connectivity index is 2.26. The van der Waals surface area contributed by atoms with E-state index in [9.17, 15) is 25.6 Å². The van der Waals surface area contributed by atoms with Gasteiger partial charge in [0.2, 0.25) is 0 Å². The molecule has 0 unspecified atom stereocenters. The fourth-order valence-corrected chi connectivity index (χ4v) is 3.50. The monoisotopic (exact) mass is 483 g/mol. The molecule has 0 aliphatic heterocycles. The highest BCUT2D eigenvalue weighted by Crippen LogP contribution is 2.34. The van der Waals surface area contributed by atoms with Crippen molar-refractivity contribution in [2.45, 2.75) is 45.4 Å². The summed E-state index contributed by atoms with van der Waals surface area (Å²) in [6, 6.07) is 11.0. The van der Waals surface area contributed by atoms with Crippen LogP contribution in [0.4, 0.5) is 22.7 Å². The first kappa shape index (κ1) is 27.7. The van der Waals surface area contributed by atoms with Crippen molar-refractivity contribution < 1.29 is 19.9 Å². The lowest BCUT2D eigenvalue weighted by atomic mass is 10.1. The molecule has 188 valence electrons. The van der Waals surface area contributed by atoms with Gasteiger partial charge in [0.05, 0.1) is 30.3 Å². The maximum absolute atomic E-state index is 11.0. The van der Waals surface area contributed by atoms with Crippen LogP contribution >= 0.6 is 0 Å². The van der Waals surface area contributed by atoms with E-state index in [4.69, 9.17) is 4.74 Å². The van der Waals surface area contributed by atoms with Crippen molar-refractivity contribution in [1.82, 2.24) is 0 Å². The number of benzene rings is 2. The molecule has 10 nitrogen and oxygen atoms in total. The minimum Gasteiger partial charge on any atom is -0.491 e. The molecule has 0 spiro atoms. The van der Waals surface area contributed by atoms with E-state index in [-0.39, 0.29) is 30.2 Å². The summed E-state index contributed by atoms with van der Waals surface area (Å²) in [5, 5.41) is 47.5. The van der Waals surface area contributed by atoms with Crippen LogP contribution in [0.15, 0.2) is 46.6 Å². The Morgan fingerprint density at radius 2 is 1.66 bits per heavy atom. The number of nitro groups is 1. The number of aliphatic hydroxyl groups excluding tert-OH is 2. The van der Waals surface area contributed by atoms with Gasteiger partial charge in [-0.3, -0.25) is 10.1 Å². The minimum atomic E-state index is -0.570. The van der Waals surface area contributed by atoms with E-state index in [1.807, 2.05) is 11.0 Å². The second kappa shape index (κ2) is 15.4. The van der Waals surface area contributed by atoms with Gasteiger partial charge >= 0.3 is 0 Å². The van der Waals surface area contributed by atoms with Crippen LogP contribution in [0.3, 0.4) is 0 Å². The number of unbranched alkanes of at least 4 members (excludes halogenated alkanes) is 5. The smallest absolute Gasteiger partial charge is 0.270 e. The van der Waals surface area contributed by atoms with E-state index in [2.05, 4.69) is 17.2 Å². The largest absolute Gasteiger partial charge is 0.491 e. The van der Waals surface area contributed by atoms with E-state index < -0.39 is 4.92 Å². The molecule has 2 aromatic carbocycles. The number of rotatable bonds is 16. The number of nitriles is 1. The molecular formula is C25H33N5O5. The standard InChI is InChI=1S/C25H33N5O5/c1-2-3-4-5-6-7-16-35-25-18-21(29(12-14-31)13-15-32)8-11-24(25)28-27-23-10-9-22(30(33)34)17-20(23)19-26/h8-11,17-18,31-32H,2-7,12-16H2,1H3. The molecule has 0 atom stereocenters. The normalized spacial score (nSPS) is 10.9. The summed E-state index contributed by atoms with van der Waals surface area (Å²) in [6.07, 6.45) is 6.74. The van der Waals surface area contributed by atoms with Crippen molar-refractivity contribution in [3.05, 3.63) is 52.1 Å². The second-order valence-electron chi connectivity index (χ2n) is 7.97. The molecule has 0 amide bonds. The fourth-order valence-electron chi connectivity index (χ4n) is 3.50. The molecule has 0 aromatic heterocycles. The van der Waals surface area contributed by atoms with Crippen molar-refractivity contribution in [1.29, 1.82) is 5.26 Å². The number of nitro benzene ring substituents is 1. The van der Waals surface area contributed by atoms with Gasteiger partial charge in [-0.05, 0) is 24.6 Å². The van der Waals surface area contributed by atoms with Gasteiger partial charge < -0.3 is 19.8 Å². The molecule has 2 N–H and O–H groups in total. The zero-order valence-corrected chi connectivity index (χ0v) is 20.1. The van der Waals surface area contributed by atoms with E-state index in [0.29, 0.717) is 31.1 Å². The first-order valence-electron chi connectivity index (χ1n) is 11.9. The van der Waals surface area contributed by atoms with Crippen molar-refractivity contribution >= 4 is 22.7 Å². The first-order valence-corrected chi connectivity index (χ1v) is 11.9. The molecule has 2 aromatic rings. The van der Waals surface area contributed by atoms with Gasteiger partial charge in [0.25, 0.3) is 5.69 Å².